The maximum atomic E-state index is 14.6. The molecular formula is C21H13F4N5O2. The van der Waals surface area contributed by atoms with Crippen LogP contribution in [0.25, 0.3) is 16.9 Å². The predicted molar refractivity (Wildman–Crippen MR) is 106 cm³/mol. The second-order valence-corrected chi connectivity index (χ2v) is 6.58. The highest BCUT2D eigenvalue weighted by Gasteiger charge is 2.36. The maximum absolute atomic E-state index is 14.6. The number of amides is 1. The van der Waals surface area contributed by atoms with Crippen molar-refractivity contribution in [1.29, 1.82) is 0 Å². The van der Waals surface area contributed by atoms with Crippen molar-refractivity contribution in [3.05, 3.63) is 84.1 Å². The van der Waals surface area contributed by atoms with Gasteiger partial charge in [0, 0.05) is 5.56 Å². The molecule has 0 fully saturated rings. The highest BCUT2D eigenvalue weighted by atomic mass is 19.4. The third-order valence-corrected chi connectivity index (χ3v) is 4.47. The smallest absolute Gasteiger partial charge is 0.420 e. The molecule has 0 spiro atoms. The van der Waals surface area contributed by atoms with E-state index in [1.165, 1.54) is 30.6 Å². The largest absolute Gasteiger partial charge is 0.507 e. The van der Waals surface area contributed by atoms with Crippen molar-refractivity contribution in [2.24, 2.45) is 0 Å². The number of hydrogen-bond donors (Lipinski definition) is 2. The SMILES string of the molecule is O=C(Nc1cnc(-n2nccn2)c(C(F)(F)F)c1)c1ccc(-c2ccccc2O)cc1F. The maximum Gasteiger partial charge on any atom is 0.420 e. The fourth-order valence-electron chi connectivity index (χ4n) is 3.00. The Bertz CT molecular complexity index is 1290. The molecule has 7 nitrogen and oxygen atoms in total. The molecule has 0 radical (unpaired) electrons. The molecule has 0 atom stereocenters. The van der Waals surface area contributed by atoms with Crippen molar-refractivity contribution < 1.29 is 27.5 Å². The highest BCUT2D eigenvalue weighted by Crippen LogP contribution is 2.34. The first-order chi connectivity index (χ1) is 15.2. The van der Waals surface area contributed by atoms with Crippen molar-refractivity contribution in [1.82, 2.24) is 20.0 Å². The van der Waals surface area contributed by atoms with Crippen LogP contribution >= 0.6 is 0 Å². The predicted octanol–water partition coefficient (Wildman–Crippen LogP) is 4.45. The summed E-state index contributed by atoms with van der Waals surface area (Å²) in [6, 6.07) is 10.6. The van der Waals surface area contributed by atoms with E-state index in [1.54, 1.807) is 18.2 Å². The monoisotopic (exact) mass is 443 g/mol. The second-order valence-electron chi connectivity index (χ2n) is 6.58. The molecule has 1 amide bonds. The Hall–Kier alpha value is -4.28. The zero-order chi connectivity index (χ0) is 22.9. The molecule has 0 aliphatic carbocycles. The van der Waals surface area contributed by atoms with Crippen LogP contribution in [0.3, 0.4) is 0 Å². The van der Waals surface area contributed by atoms with E-state index in [9.17, 15) is 27.5 Å². The molecule has 162 valence electrons. The standard InChI is InChI=1S/C21H13F4N5O2/c22-17-9-12(14-3-1-2-4-18(14)31)5-6-15(17)20(32)29-13-10-16(21(23,24)25)19(26-11-13)30-27-7-8-28-30/h1-11,31H,(H,29,32). The van der Waals surface area contributed by atoms with E-state index in [4.69, 9.17) is 0 Å². The summed E-state index contributed by atoms with van der Waals surface area (Å²) in [5.41, 5.74) is -1.17. The summed E-state index contributed by atoms with van der Waals surface area (Å²) in [5, 5.41) is 19.4. The van der Waals surface area contributed by atoms with Gasteiger partial charge in [0.05, 0.1) is 29.8 Å². The Morgan fingerprint density at radius 2 is 1.75 bits per heavy atom. The van der Waals surface area contributed by atoms with Crippen LogP contribution in [0.2, 0.25) is 0 Å². The van der Waals surface area contributed by atoms with Crippen molar-refractivity contribution in [2.45, 2.75) is 6.18 Å². The summed E-state index contributed by atoms with van der Waals surface area (Å²) in [7, 11) is 0. The number of anilines is 1. The molecule has 0 unspecified atom stereocenters. The van der Waals surface area contributed by atoms with Crippen LogP contribution in [0.4, 0.5) is 23.2 Å². The Morgan fingerprint density at radius 3 is 2.41 bits per heavy atom. The molecule has 2 N–H and O–H groups in total. The van der Waals surface area contributed by atoms with Gasteiger partial charge in [-0.3, -0.25) is 4.79 Å². The molecule has 0 aliphatic rings. The molecular weight excluding hydrogens is 430 g/mol. The number of rotatable bonds is 4. The topological polar surface area (TPSA) is 92.9 Å². The van der Waals surface area contributed by atoms with Gasteiger partial charge >= 0.3 is 6.18 Å². The van der Waals surface area contributed by atoms with Gasteiger partial charge in [0.25, 0.3) is 5.91 Å². The lowest BCUT2D eigenvalue weighted by atomic mass is 10.0. The Balaban J connectivity index is 1.62. The molecule has 0 saturated heterocycles. The van der Waals surface area contributed by atoms with Crippen molar-refractivity contribution >= 4 is 11.6 Å². The van der Waals surface area contributed by atoms with Crippen molar-refractivity contribution in [2.75, 3.05) is 5.32 Å². The summed E-state index contributed by atoms with van der Waals surface area (Å²) in [6.07, 6.45) is -1.43. The summed E-state index contributed by atoms with van der Waals surface area (Å²) >= 11 is 0. The molecule has 11 heteroatoms. The summed E-state index contributed by atoms with van der Waals surface area (Å²) in [5.74, 6) is -2.52. The van der Waals surface area contributed by atoms with Crippen molar-refractivity contribution in [3.8, 4) is 22.7 Å². The number of carbonyl (C=O) groups is 1. The average Bonchev–Trinajstić information content (AvgIpc) is 3.28. The highest BCUT2D eigenvalue weighted by molar-refractivity contribution is 6.04. The number of phenolic OH excluding ortho intramolecular Hbond substituents is 1. The third kappa shape index (κ3) is 4.13. The third-order valence-electron chi connectivity index (χ3n) is 4.47. The molecule has 2 aromatic heterocycles. The molecule has 4 rings (SSSR count). The van der Waals surface area contributed by atoms with E-state index >= 15 is 0 Å². The fourth-order valence-corrected chi connectivity index (χ4v) is 3.00. The number of pyridine rings is 1. The molecule has 0 bridgehead atoms. The van der Waals surface area contributed by atoms with E-state index in [0.29, 0.717) is 22.0 Å². The minimum absolute atomic E-state index is 0.0679. The van der Waals surface area contributed by atoms with Gasteiger partial charge in [-0.15, -0.1) is 4.80 Å². The first kappa shape index (κ1) is 21.0. The number of para-hydroxylation sites is 1. The van der Waals surface area contributed by atoms with E-state index in [0.717, 1.165) is 12.3 Å². The summed E-state index contributed by atoms with van der Waals surface area (Å²) < 4.78 is 55.0. The normalized spacial score (nSPS) is 11.4. The quantitative estimate of drug-likeness (QED) is 0.455. The number of aromatic hydroxyl groups is 1. The summed E-state index contributed by atoms with van der Waals surface area (Å²) in [4.78, 5) is 16.9. The number of benzene rings is 2. The Kier molecular flexibility index (Phi) is 5.31. The lowest BCUT2D eigenvalue weighted by molar-refractivity contribution is -0.137. The van der Waals surface area contributed by atoms with Crippen LogP contribution in [-0.2, 0) is 6.18 Å². The zero-order valence-electron chi connectivity index (χ0n) is 16.0. The minimum Gasteiger partial charge on any atom is -0.507 e. The van der Waals surface area contributed by atoms with Gasteiger partial charge in [0.15, 0.2) is 5.82 Å². The number of hydrogen-bond acceptors (Lipinski definition) is 5. The fraction of sp³-hybridized carbons (Fsp3) is 0.0476. The van der Waals surface area contributed by atoms with Crippen molar-refractivity contribution in [3.63, 3.8) is 0 Å². The number of phenols is 1. The zero-order valence-corrected chi connectivity index (χ0v) is 16.0. The molecule has 2 heterocycles. The molecule has 4 aromatic rings. The average molecular weight is 443 g/mol. The van der Waals surface area contributed by atoms with Gasteiger partial charge in [-0.25, -0.2) is 9.37 Å². The summed E-state index contributed by atoms with van der Waals surface area (Å²) in [6.45, 7) is 0. The van der Waals surface area contributed by atoms with Crippen LogP contribution in [0, 0.1) is 5.82 Å². The van der Waals surface area contributed by atoms with Gasteiger partial charge in [-0.2, -0.15) is 23.4 Å². The van der Waals surface area contributed by atoms with E-state index < -0.39 is 34.8 Å². The molecule has 0 saturated carbocycles. The Labute approximate surface area is 178 Å². The van der Waals surface area contributed by atoms with Gasteiger partial charge in [-0.1, -0.05) is 24.3 Å². The van der Waals surface area contributed by atoms with Crippen LogP contribution in [0.5, 0.6) is 5.75 Å². The number of halogens is 4. The van der Waals surface area contributed by atoms with Crippen LogP contribution in [0.1, 0.15) is 15.9 Å². The van der Waals surface area contributed by atoms with E-state index in [1.807, 2.05) is 0 Å². The molecule has 0 aliphatic heterocycles. The van der Waals surface area contributed by atoms with Gasteiger partial charge in [0.2, 0.25) is 0 Å². The van der Waals surface area contributed by atoms with Crippen LogP contribution < -0.4 is 5.32 Å². The lowest BCUT2D eigenvalue weighted by Crippen LogP contribution is -2.18. The number of aromatic nitrogens is 4. The van der Waals surface area contributed by atoms with E-state index in [2.05, 4.69) is 20.5 Å². The van der Waals surface area contributed by atoms with E-state index in [-0.39, 0.29) is 11.4 Å². The molecule has 32 heavy (non-hydrogen) atoms. The number of carbonyl (C=O) groups excluding carboxylic acids is 1. The lowest BCUT2D eigenvalue weighted by Gasteiger charge is -2.13. The number of nitrogens with one attached hydrogen (secondary N) is 1. The second kappa shape index (κ2) is 8.10. The van der Waals surface area contributed by atoms with Gasteiger partial charge in [-0.05, 0) is 29.8 Å². The van der Waals surface area contributed by atoms with Gasteiger partial charge < -0.3 is 10.4 Å². The minimum atomic E-state index is -4.80. The van der Waals surface area contributed by atoms with Crippen LogP contribution in [-0.4, -0.2) is 31.0 Å². The van der Waals surface area contributed by atoms with Gasteiger partial charge in [0.1, 0.15) is 17.1 Å². The first-order valence-corrected chi connectivity index (χ1v) is 9.07. The molecule has 2 aromatic carbocycles. The first-order valence-electron chi connectivity index (χ1n) is 9.07. The van der Waals surface area contributed by atoms with Crippen LogP contribution in [0.15, 0.2) is 67.1 Å². The number of alkyl halides is 3. The Morgan fingerprint density at radius 1 is 1.03 bits per heavy atom. The number of nitrogens with zero attached hydrogens (tertiary/aromatic N) is 4.